The van der Waals surface area contributed by atoms with E-state index < -0.39 is 0 Å². The Bertz CT molecular complexity index is 982. The number of hydrogen-bond donors (Lipinski definition) is 2. The van der Waals surface area contributed by atoms with Crippen LogP contribution in [-0.2, 0) is 11.2 Å². The number of aliphatic imine (C=N–C) groups is 1. The molecular formula is C20H19N4O2S+. The van der Waals surface area contributed by atoms with Crippen LogP contribution in [-0.4, -0.2) is 27.7 Å². The average Bonchev–Trinajstić information content (AvgIpc) is 3.06. The molecular weight excluding hydrogens is 360 g/mol. The number of nitrogens with zero attached hydrogens (tertiary/aromatic N) is 2. The summed E-state index contributed by atoms with van der Waals surface area (Å²) in [5, 5.41) is 18.9. The van der Waals surface area contributed by atoms with Gasteiger partial charge in [0.1, 0.15) is 11.5 Å². The lowest BCUT2D eigenvalue weighted by atomic mass is 10.1. The van der Waals surface area contributed by atoms with Gasteiger partial charge in [-0.25, -0.2) is 4.98 Å². The second-order valence-electron chi connectivity index (χ2n) is 5.82. The van der Waals surface area contributed by atoms with Crippen LogP contribution in [0, 0.1) is 5.41 Å². The van der Waals surface area contributed by atoms with Crippen molar-refractivity contribution < 1.29 is 9.90 Å². The van der Waals surface area contributed by atoms with Crippen LogP contribution < -0.4 is 5.32 Å². The summed E-state index contributed by atoms with van der Waals surface area (Å²) < 4.78 is 0. The van der Waals surface area contributed by atoms with Gasteiger partial charge in [-0.05, 0) is 12.5 Å². The molecule has 3 rings (SSSR count). The van der Waals surface area contributed by atoms with Gasteiger partial charge >= 0.3 is 5.90 Å². The third-order valence-electron chi connectivity index (χ3n) is 3.62. The van der Waals surface area contributed by atoms with Crippen LogP contribution in [0.5, 0.6) is 0 Å². The number of anilines is 1. The Morgan fingerprint density at radius 2 is 1.78 bits per heavy atom. The molecule has 0 unspecified atom stereocenters. The number of nitrogens with one attached hydrogen (secondary N) is 2. The Balaban J connectivity index is 1.89. The second kappa shape index (κ2) is 8.37. The lowest BCUT2D eigenvalue weighted by molar-refractivity contribution is -0.115. The predicted molar refractivity (Wildman–Crippen MR) is 110 cm³/mol. The first-order valence-corrected chi connectivity index (χ1v) is 9.10. The van der Waals surface area contributed by atoms with E-state index in [4.69, 9.17) is 10.5 Å². The molecule has 0 spiro atoms. The van der Waals surface area contributed by atoms with Crippen LogP contribution >= 0.6 is 11.3 Å². The number of carbonyl (C=O) groups excluding carboxylic acids is 1. The van der Waals surface area contributed by atoms with Gasteiger partial charge < -0.3 is 10.4 Å². The third kappa shape index (κ3) is 4.86. The van der Waals surface area contributed by atoms with Crippen molar-refractivity contribution in [3.63, 3.8) is 0 Å². The number of thiazole rings is 1. The van der Waals surface area contributed by atoms with Crippen LogP contribution in [0.1, 0.15) is 17.4 Å². The van der Waals surface area contributed by atoms with Gasteiger partial charge in [0.25, 0.3) is 0 Å². The zero-order valence-corrected chi connectivity index (χ0v) is 15.5. The molecule has 0 fully saturated rings. The lowest BCUT2D eigenvalue weighted by Crippen LogP contribution is -2.14. The quantitative estimate of drug-likeness (QED) is 0.403. The van der Waals surface area contributed by atoms with Gasteiger partial charge in [0, 0.05) is 5.56 Å². The van der Waals surface area contributed by atoms with E-state index in [1.165, 1.54) is 18.3 Å². The van der Waals surface area contributed by atoms with Crippen molar-refractivity contribution in [2.24, 2.45) is 4.99 Å². The normalized spacial score (nSPS) is 11.2. The Morgan fingerprint density at radius 1 is 1.15 bits per heavy atom. The molecule has 0 aliphatic heterocycles. The summed E-state index contributed by atoms with van der Waals surface area (Å²) in [6.45, 7) is 1.51. The monoisotopic (exact) mass is 379 g/mol. The van der Waals surface area contributed by atoms with Gasteiger partial charge in [-0.2, -0.15) is 0 Å². The fourth-order valence-corrected chi connectivity index (χ4v) is 3.39. The van der Waals surface area contributed by atoms with E-state index >= 15 is 0 Å². The summed E-state index contributed by atoms with van der Waals surface area (Å²) in [6.07, 6.45) is 0.248. The first kappa shape index (κ1) is 18.5. The summed E-state index contributed by atoms with van der Waals surface area (Å²) in [5.41, 5.74) is 2.32. The molecule has 0 saturated heterocycles. The predicted octanol–water partition coefficient (Wildman–Crippen LogP) is 3.46. The van der Waals surface area contributed by atoms with Crippen LogP contribution in [0.4, 0.5) is 5.13 Å². The molecule has 0 aliphatic carbocycles. The van der Waals surface area contributed by atoms with E-state index in [-0.39, 0.29) is 24.1 Å². The second-order valence-corrected chi connectivity index (χ2v) is 6.82. The number of amides is 1. The maximum absolute atomic E-state index is 12.3. The first-order valence-electron chi connectivity index (χ1n) is 8.29. The van der Waals surface area contributed by atoms with Crippen LogP contribution in [0.15, 0.2) is 65.7 Å². The fraction of sp³-hybridized carbons (Fsp3) is 0.100. The Morgan fingerprint density at radius 3 is 2.41 bits per heavy atom. The molecule has 1 heterocycles. The summed E-state index contributed by atoms with van der Waals surface area (Å²) >= 11 is 1.19. The topological polar surface area (TPSA) is 101 Å². The Hall–Kier alpha value is -3.32. The van der Waals surface area contributed by atoms with E-state index in [0.29, 0.717) is 15.7 Å². The molecule has 7 heteroatoms. The molecule has 0 radical (unpaired) electrons. The van der Waals surface area contributed by atoms with Gasteiger partial charge in [-0.15, -0.1) is 4.99 Å². The molecule has 1 aromatic heterocycles. The van der Waals surface area contributed by atoms with Gasteiger partial charge in [0.05, 0.1) is 6.42 Å². The van der Waals surface area contributed by atoms with E-state index in [9.17, 15) is 4.79 Å². The smallest absolute Gasteiger partial charge is 0.378 e. The molecule has 0 bridgehead atoms. The number of benzene rings is 2. The van der Waals surface area contributed by atoms with Crippen LogP contribution in [0.2, 0.25) is 0 Å². The summed E-state index contributed by atoms with van der Waals surface area (Å²) in [5.74, 6) is -0.169. The van der Waals surface area contributed by atoms with E-state index in [1.807, 2.05) is 60.7 Å². The van der Waals surface area contributed by atoms with Crippen molar-refractivity contribution in [1.29, 1.82) is 5.41 Å². The minimum absolute atomic E-state index is 0.0394. The lowest BCUT2D eigenvalue weighted by Gasteiger charge is -2.01. The van der Waals surface area contributed by atoms with Crippen LogP contribution in [0.25, 0.3) is 11.3 Å². The molecule has 136 valence electrons. The summed E-state index contributed by atoms with van der Waals surface area (Å²) in [7, 11) is 0. The molecule has 0 saturated carbocycles. The standard InChI is InChI=1S/C20H18N4O2S/c1-13(21)22-19(26)18-17(15-10-6-3-7-11-15)24-20(27-18)23-16(25)12-14-8-4-2-5-9-14/h2-11H,12H2,1H3,(H2,21,22,26)(H,23,24,25)/p+1. The Labute approximate surface area is 160 Å². The largest absolute Gasteiger partial charge is 0.578 e. The highest BCUT2D eigenvalue weighted by Gasteiger charge is 2.22. The van der Waals surface area contributed by atoms with Crippen molar-refractivity contribution in [3.8, 4) is 11.3 Å². The SMILES string of the molecule is CC(=N)N=C([OH2+])c1sc(NC(=O)Cc2ccccc2)nc1-c1ccccc1. The fourth-order valence-electron chi connectivity index (χ4n) is 2.49. The zero-order chi connectivity index (χ0) is 19.2. The third-order valence-corrected chi connectivity index (χ3v) is 4.60. The number of aromatic nitrogens is 1. The van der Waals surface area contributed by atoms with Crippen LogP contribution in [0.3, 0.4) is 0 Å². The number of hydrogen-bond acceptors (Lipinski definition) is 4. The molecule has 3 aromatic rings. The van der Waals surface area contributed by atoms with E-state index in [2.05, 4.69) is 15.3 Å². The van der Waals surface area contributed by atoms with Crippen molar-refractivity contribution in [2.45, 2.75) is 13.3 Å². The molecule has 4 N–H and O–H groups in total. The number of carbonyl (C=O) groups is 1. The summed E-state index contributed by atoms with van der Waals surface area (Å²) in [4.78, 5) is 21.3. The molecule has 0 aliphatic rings. The maximum atomic E-state index is 12.3. The van der Waals surface area contributed by atoms with E-state index in [1.54, 1.807) is 0 Å². The first-order chi connectivity index (χ1) is 13.0. The van der Waals surface area contributed by atoms with Crippen molar-refractivity contribution in [3.05, 3.63) is 71.1 Å². The number of amidine groups is 1. The molecule has 27 heavy (non-hydrogen) atoms. The van der Waals surface area contributed by atoms with Gasteiger partial charge in [-0.1, -0.05) is 72.0 Å². The van der Waals surface area contributed by atoms with Crippen molar-refractivity contribution >= 4 is 34.1 Å². The van der Waals surface area contributed by atoms with Crippen molar-refractivity contribution in [1.82, 2.24) is 4.98 Å². The maximum Gasteiger partial charge on any atom is 0.378 e. The molecule has 6 nitrogen and oxygen atoms in total. The van der Waals surface area contributed by atoms with Gasteiger partial charge in [0.15, 0.2) is 10.0 Å². The highest BCUT2D eigenvalue weighted by molar-refractivity contribution is 7.18. The highest BCUT2D eigenvalue weighted by atomic mass is 32.1. The summed E-state index contributed by atoms with van der Waals surface area (Å²) in [6, 6.07) is 18.9. The van der Waals surface area contributed by atoms with E-state index in [0.717, 1.165) is 11.1 Å². The molecule has 1 amide bonds. The number of rotatable bonds is 5. The minimum Gasteiger partial charge on any atom is -0.578 e. The van der Waals surface area contributed by atoms with Gasteiger partial charge in [-0.3, -0.25) is 10.2 Å². The molecule has 0 atom stereocenters. The molecule has 2 aromatic carbocycles. The zero-order valence-electron chi connectivity index (χ0n) is 14.7. The average molecular weight is 379 g/mol. The van der Waals surface area contributed by atoms with Gasteiger partial charge in [0.2, 0.25) is 5.91 Å². The minimum atomic E-state index is -0.173. The van der Waals surface area contributed by atoms with Crippen molar-refractivity contribution in [2.75, 3.05) is 5.32 Å². The Kier molecular flexibility index (Phi) is 5.73. The highest BCUT2D eigenvalue weighted by Crippen LogP contribution is 2.31.